The average molecular weight is 341 g/mol. The van der Waals surface area contributed by atoms with Crippen LogP contribution in [0.4, 0.5) is 0 Å². The van der Waals surface area contributed by atoms with Gasteiger partial charge in [-0.1, -0.05) is 64.7 Å². The van der Waals surface area contributed by atoms with Gasteiger partial charge in [0.2, 0.25) is 0 Å². The average Bonchev–Trinajstić information content (AvgIpc) is 2.40. The summed E-state index contributed by atoms with van der Waals surface area (Å²) >= 11 is 5.62. The molecule has 1 atom stereocenters. The lowest BCUT2D eigenvalue weighted by Crippen LogP contribution is -2.21. The Kier molecular flexibility index (Phi) is 12.1. The Bertz CT molecular complexity index is 368. The van der Waals surface area contributed by atoms with Crippen molar-refractivity contribution in [1.29, 1.82) is 0 Å². The molecular weight excluding hydrogens is 312 g/mol. The number of sulfone groups is 1. The van der Waals surface area contributed by atoms with Gasteiger partial charge in [-0.15, -0.1) is 11.6 Å². The van der Waals surface area contributed by atoms with Crippen LogP contribution in [0, 0.1) is 0 Å². The number of unbranched alkanes of at least 4 members (excludes halogenated alkanes) is 9. The van der Waals surface area contributed by atoms with E-state index < -0.39 is 26.9 Å². The molecule has 4 nitrogen and oxygen atoms in total. The van der Waals surface area contributed by atoms with E-state index in [4.69, 9.17) is 16.7 Å². The SMILES string of the molecule is CCCCCCCCCCCCS(=O)(=O)C(Cl)CC(=O)O. The molecule has 0 saturated heterocycles. The van der Waals surface area contributed by atoms with Gasteiger partial charge in [-0.05, 0) is 6.42 Å². The zero-order chi connectivity index (χ0) is 16.1. The highest BCUT2D eigenvalue weighted by Crippen LogP contribution is 2.15. The number of halogens is 1. The van der Waals surface area contributed by atoms with Gasteiger partial charge in [0.15, 0.2) is 9.84 Å². The first-order chi connectivity index (χ1) is 9.90. The summed E-state index contributed by atoms with van der Waals surface area (Å²) in [5.74, 6) is -1.19. The minimum Gasteiger partial charge on any atom is -0.481 e. The summed E-state index contributed by atoms with van der Waals surface area (Å²) in [6.07, 6.45) is 10.8. The second-order valence-electron chi connectivity index (χ2n) is 5.56. The third-order valence-electron chi connectivity index (χ3n) is 3.51. The van der Waals surface area contributed by atoms with Crippen molar-refractivity contribution in [2.75, 3.05) is 5.75 Å². The number of alkyl halides is 1. The van der Waals surface area contributed by atoms with Crippen molar-refractivity contribution < 1.29 is 18.3 Å². The van der Waals surface area contributed by atoms with E-state index in [0.29, 0.717) is 6.42 Å². The van der Waals surface area contributed by atoms with Crippen molar-refractivity contribution in [3.05, 3.63) is 0 Å². The quantitative estimate of drug-likeness (QED) is 0.376. The summed E-state index contributed by atoms with van der Waals surface area (Å²) in [5, 5.41) is 8.54. The molecule has 0 aliphatic carbocycles. The van der Waals surface area contributed by atoms with Gasteiger partial charge in [0, 0.05) is 0 Å². The molecule has 0 aromatic carbocycles. The van der Waals surface area contributed by atoms with E-state index in [1.165, 1.54) is 38.5 Å². The molecule has 6 heteroatoms. The Balaban J connectivity index is 3.55. The first-order valence-corrected chi connectivity index (χ1v) is 10.1. The van der Waals surface area contributed by atoms with E-state index in [1.54, 1.807) is 0 Å². The number of carboxylic acids is 1. The molecule has 0 rings (SSSR count). The molecule has 0 saturated carbocycles. The molecule has 0 spiro atoms. The predicted octanol–water partition coefficient (Wildman–Crippen LogP) is 4.36. The van der Waals surface area contributed by atoms with Crippen LogP contribution in [0.5, 0.6) is 0 Å². The maximum atomic E-state index is 11.7. The molecule has 0 bridgehead atoms. The lowest BCUT2D eigenvalue weighted by atomic mass is 10.1. The Morgan fingerprint density at radius 2 is 1.38 bits per heavy atom. The highest BCUT2D eigenvalue weighted by atomic mass is 35.5. The fourth-order valence-corrected chi connectivity index (χ4v) is 3.84. The van der Waals surface area contributed by atoms with Gasteiger partial charge < -0.3 is 5.11 Å². The van der Waals surface area contributed by atoms with Gasteiger partial charge in [0.05, 0.1) is 12.2 Å². The Morgan fingerprint density at radius 1 is 0.952 bits per heavy atom. The summed E-state index contributed by atoms with van der Waals surface area (Å²) in [7, 11) is -3.48. The lowest BCUT2D eigenvalue weighted by molar-refractivity contribution is -0.136. The lowest BCUT2D eigenvalue weighted by Gasteiger charge is -2.08. The van der Waals surface area contributed by atoms with Gasteiger partial charge in [-0.3, -0.25) is 4.79 Å². The van der Waals surface area contributed by atoms with E-state index in [-0.39, 0.29) is 5.75 Å². The Morgan fingerprint density at radius 3 is 1.81 bits per heavy atom. The maximum absolute atomic E-state index is 11.7. The topological polar surface area (TPSA) is 71.4 Å². The summed E-state index contributed by atoms with van der Waals surface area (Å²) in [6, 6.07) is 0. The molecular formula is C15H29ClO4S. The van der Waals surface area contributed by atoms with Crippen molar-refractivity contribution in [2.45, 2.75) is 82.3 Å². The molecule has 1 unspecified atom stereocenters. The number of rotatable bonds is 14. The Labute approximate surface area is 134 Å². The van der Waals surface area contributed by atoms with Gasteiger partial charge in [0.1, 0.15) is 4.71 Å². The summed E-state index contributed by atoms with van der Waals surface area (Å²) in [5.41, 5.74) is 0. The molecule has 0 aromatic rings. The van der Waals surface area contributed by atoms with Crippen LogP contribution >= 0.6 is 11.6 Å². The van der Waals surface area contributed by atoms with E-state index in [0.717, 1.165) is 19.3 Å². The monoisotopic (exact) mass is 340 g/mol. The molecule has 0 heterocycles. The van der Waals surface area contributed by atoms with Gasteiger partial charge in [0.25, 0.3) is 0 Å². The van der Waals surface area contributed by atoms with E-state index in [9.17, 15) is 13.2 Å². The standard InChI is InChI=1S/C15H29ClO4S/c1-2-3-4-5-6-7-8-9-10-11-12-21(19,20)14(16)13-15(17)18/h14H,2-13H2,1H3,(H,17,18). The zero-order valence-corrected chi connectivity index (χ0v) is 14.6. The number of hydrogen-bond donors (Lipinski definition) is 1. The van der Waals surface area contributed by atoms with Crippen molar-refractivity contribution in [3.8, 4) is 0 Å². The van der Waals surface area contributed by atoms with Crippen LogP contribution in [-0.4, -0.2) is 30.0 Å². The third kappa shape index (κ3) is 12.0. The number of carbonyl (C=O) groups is 1. The minimum absolute atomic E-state index is 0.00898. The normalized spacial score (nSPS) is 13.2. The zero-order valence-electron chi connectivity index (χ0n) is 13.0. The largest absolute Gasteiger partial charge is 0.481 e. The Hall–Kier alpha value is -0.290. The molecule has 0 fully saturated rings. The van der Waals surface area contributed by atoms with Crippen molar-refractivity contribution in [2.24, 2.45) is 0 Å². The number of hydrogen-bond acceptors (Lipinski definition) is 3. The van der Waals surface area contributed by atoms with E-state index in [2.05, 4.69) is 6.92 Å². The van der Waals surface area contributed by atoms with Crippen LogP contribution < -0.4 is 0 Å². The van der Waals surface area contributed by atoms with Crippen LogP contribution in [0.15, 0.2) is 0 Å². The highest BCUT2D eigenvalue weighted by molar-refractivity contribution is 7.93. The summed E-state index contributed by atoms with van der Waals surface area (Å²) in [4.78, 5) is 10.4. The second-order valence-corrected chi connectivity index (χ2v) is 8.65. The van der Waals surface area contributed by atoms with Gasteiger partial charge in [-0.25, -0.2) is 8.42 Å². The highest BCUT2D eigenvalue weighted by Gasteiger charge is 2.24. The van der Waals surface area contributed by atoms with Crippen LogP contribution in [0.25, 0.3) is 0 Å². The smallest absolute Gasteiger partial charge is 0.305 e. The predicted molar refractivity (Wildman–Crippen MR) is 87.5 cm³/mol. The molecule has 0 aromatic heterocycles. The second kappa shape index (κ2) is 12.3. The molecule has 0 aliphatic heterocycles. The third-order valence-corrected chi connectivity index (χ3v) is 6.28. The van der Waals surface area contributed by atoms with E-state index in [1.807, 2.05) is 0 Å². The summed E-state index contributed by atoms with van der Waals surface area (Å²) in [6.45, 7) is 2.20. The van der Waals surface area contributed by atoms with Crippen molar-refractivity contribution >= 4 is 27.4 Å². The fraction of sp³-hybridized carbons (Fsp3) is 0.933. The molecule has 1 N–H and O–H groups in total. The minimum atomic E-state index is -3.48. The van der Waals surface area contributed by atoms with Gasteiger partial charge in [-0.2, -0.15) is 0 Å². The molecule has 21 heavy (non-hydrogen) atoms. The molecule has 0 amide bonds. The number of aliphatic carboxylic acids is 1. The summed E-state index contributed by atoms with van der Waals surface area (Å²) < 4.78 is 22.1. The van der Waals surface area contributed by atoms with Crippen LogP contribution in [0.1, 0.15) is 77.6 Å². The van der Waals surface area contributed by atoms with Gasteiger partial charge >= 0.3 is 5.97 Å². The molecule has 126 valence electrons. The van der Waals surface area contributed by atoms with Crippen LogP contribution in [-0.2, 0) is 14.6 Å². The first kappa shape index (κ1) is 20.7. The molecule has 0 radical (unpaired) electrons. The van der Waals surface area contributed by atoms with E-state index >= 15 is 0 Å². The van der Waals surface area contributed by atoms with Crippen molar-refractivity contribution in [3.63, 3.8) is 0 Å². The first-order valence-electron chi connectivity index (χ1n) is 7.97. The fourth-order valence-electron chi connectivity index (χ4n) is 2.18. The van der Waals surface area contributed by atoms with Crippen LogP contribution in [0.3, 0.4) is 0 Å². The van der Waals surface area contributed by atoms with Crippen LogP contribution in [0.2, 0.25) is 0 Å². The molecule has 0 aliphatic rings. The number of carboxylic acid groups (broad SMARTS) is 1. The van der Waals surface area contributed by atoms with Crippen molar-refractivity contribution in [1.82, 2.24) is 0 Å². The maximum Gasteiger partial charge on any atom is 0.305 e.